The number of aliphatic hydroxyl groups is 1. The zero-order valence-corrected chi connectivity index (χ0v) is 16.8. The van der Waals surface area contributed by atoms with Gasteiger partial charge in [-0.1, -0.05) is 19.9 Å². The van der Waals surface area contributed by atoms with Gasteiger partial charge in [0.1, 0.15) is 11.5 Å². The predicted molar refractivity (Wildman–Crippen MR) is 100 cm³/mol. The fraction of sp³-hybridized carbons (Fsp3) is 0.826. The van der Waals surface area contributed by atoms with Gasteiger partial charge < -0.3 is 9.84 Å². The first-order chi connectivity index (χ1) is 12.6. The summed E-state index contributed by atoms with van der Waals surface area (Å²) in [6.45, 7) is 10.4. The van der Waals surface area contributed by atoms with Crippen molar-refractivity contribution in [2.24, 2.45) is 34.5 Å². The molecule has 0 aromatic heterocycles. The molecule has 0 radical (unpaired) electrons. The summed E-state index contributed by atoms with van der Waals surface area (Å²) in [5, 5.41) is 20.9. The van der Waals surface area contributed by atoms with E-state index in [1.165, 1.54) is 0 Å². The summed E-state index contributed by atoms with van der Waals surface area (Å²) in [5.74, 6) is 0.938. The minimum absolute atomic E-state index is 0.00321. The highest BCUT2D eigenvalue weighted by atomic mass is 16.6. The molecule has 1 aliphatic heterocycles. The van der Waals surface area contributed by atoms with Gasteiger partial charge in [0.05, 0.1) is 11.7 Å². The van der Waals surface area contributed by atoms with Gasteiger partial charge in [-0.3, -0.25) is 4.79 Å². The number of hydrogen-bond acceptors (Lipinski definition) is 4. The number of carbonyl (C=O) groups is 1. The van der Waals surface area contributed by atoms with Gasteiger partial charge in [-0.25, -0.2) is 0 Å². The highest BCUT2D eigenvalue weighted by molar-refractivity contribution is 5.96. The molecule has 9 atom stereocenters. The second kappa shape index (κ2) is 4.86. The van der Waals surface area contributed by atoms with E-state index in [-0.39, 0.29) is 22.2 Å². The van der Waals surface area contributed by atoms with E-state index in [2.05, 4.69) is 26.5 Å². The molecule has 4 aliphatic carbocycles. The first-order valence-electron chi connectivity index (χ1n) is 10.6. The molecule has 1 heterocycles. The molecule has 0 aromatic rings. The quantitative estimate of drug-likeness (QED) is 0.564. The van der Waals surface area contributed by atoms with Crippen LogP contribution in [-0.4, -0.2) is 27.7 Å². The molecular formula is C23H31NO3. The monoisotopic (exact) mass is 369 g/mol. The Labute approximate surface area is 162 Å². The summed E-state index contributed by atoms with van der Waals surface area (Å²) in [5.41, 5.74) is -2.13. The van der Waals surface area contributed by atoms with Crippen molar-refractivity contribution < 1.29 is 14.6 Å². The van der Waals surface area contributed by atoms with Gasteiger partial charge in [0.25, 0.3) is 0 Å². The smallest absolute Gasteiger partial charge is 0.184 e. The molecule has 0 amide bonds. The lowest BCUT2D eigenvalue weighted by molar-refractivity contribution is -0.148. The average molecular weight is 370 g/mol. The van der Waals surface area contributed by atoms with Gasteiger partial charge in [0.15, 0.2) is 11.4 Å². The van der Waals surface area contributed by atoms with Crippen LogP contribution in [0, 0.1) is 45.8 Å². The fourth-order valence-electron chi connectivity index (χ4n) is 8.62. The number of fused-ring (bicyclic) bond motifs is 4. The van der Waals surface area contributed by atoms with Crippen LogP contribution in [0.25, 0.3) is 0 Å². The number of carbonyl (C=O) groups excluding carboxylic acids is 1. The molecule has 4 nitrogen and oxygen atoms in total. The van der Waals surface area contributed by atoms with Gasteiger partial charge in [-0.15, -0.1) is 6.58 Å². The largest absolute Gasteiger partial charge is 0.385 e. The third-order valence-corrected chi connectivity index (χ3v) is 10.2. The fourth-order valence-corrected chi connectivity index (χ4v) is 8.62. The summed E-state index contributed by atoms with van der Waals surface area (Å²) in [6.07, 6.45) is 8.25. The number of nitriles is 1. The molecule has 4 saturated carbocycles. The van der Waals surface area contributed by atoms with Crippen molar-refractivity contribution in [3.05, 3.63) is 12.7 Å². The molecule has 3 unspecified atom stereocenters. The number of nitrogens with zero attached hydrogens (tertiary/aromatic N) is 1. The van der Waals surface area contributed by atoms with Crippen LogP contribution in [0.5, 0.6) is 0 Å². The Morgan fingerprint density at radius 1 is 1.15 bits per heavy atom. The first-order valence-corrected chi connectivity index (χ1v) is 10.6. The molecule has 5 fully saturated rings. The van der Waals surface area contributed by atoms with Crippen LogP contribution < -0.4 is 0 Å². The Morgan fingerprint density at radius 2 is 1.81 bits per heavy atom. The lowest BCUT2D eigenvalue weighted by atomic mass is 9.42. The molecule has 5 aliphatic rings. The maximum Gasteiger partial charge on any atom is 0.184 e. The molecule has 1 spiro atoms. The van der Waals surface area contributed by atoms with Crippen LogP contribution in [-0.2, 0) is 9.53 Å². The summed E-state index contributed by atoms with van der Waals surface area (Å²) >= 11 is 0. The lowest BCUT2D eigenvalue weighted by Crippen LogP contribution is -2.62. The Hall–Kier alpha value is -1.18. The minimum atomic E-state index is -0.763. The first kappa shape index (κ1) is 17.9. The number of ether oxygens (including phenoxy) is 1. The van der Waals surface area contributed by atoms with E-state index in [1.807, 2.05) is 6.92 Å². The predicted octanol–water partition coefficient (Wildman–Crippen LogP) is 3.79. The van der Waals surface area contributed by atoms with E-state index >= 15 is 0 Å². The van der Waals surface area contributed by atoms with Crippen LogP contribution in [0.1, 0.15) is 65.7 Å². The normalized spacial score (nSPS) is 61.1. The minimum Gasteiger partial charge on any atom is -0.385 e. The van der Waals surface area contributed by atoms with Crippen LogP contribution in [0.15, 0.2) is 12.7 Å². The van der Waals surface area contributed by atoms with Crippen molar-refractivity contribution >= 4 is 5.78 Å². The van der Waals surface area contributed by atoms with Crippen molar-refractivity contribution in [3.63, 3.8) is 0 Å². The van der Waals surface area contributed by atoms with Crippen molar-refractivity contribution in [2.45, 2.75) is 82.5 Å². The van der Waals surface area contributed by atoms with E-state index < -0.39 is 17.1 Å². The molecule has 0 bridgehead atoms. The Balaban J connectivity index is 1.55. The number of epoxide rings is 1. The van der Waals surface area contributed by atoms with E-state index in [0.29, 0.717) is 24.2 Å². The zero-order valence-electron chi connectivity index (χ0n) is 16.8. The molecule has 1 saturated heterocycles. The van der Waals surface area contributed by atoms with Crippen molar-refractivity contribution in [1.29, 1.82) is 5.26 Å². The SMILES string of the molecule is C=C[C@@]1(O)CC[C@H]2[C@@H]3CCC45OC4(C)C(=O)C(C#N)C[C@]5(C)[C@H]3CC[C@@]21C. The lowest BCUT2D eigenvalue weighted by Gasteiger charge is -2.60. The molecule has 0 aromatic carbocycles. The Kier molecular flexibility index (Phi) is 3.22. The third kappa shape index (κ3) is 1.68. The van der Waals surface area contributed by atoms with E-state index in [9.17, 15) is 15.2 Å². The maximum absolute atomic E-state index is 12.8. The van der Waals surface area contributed by atoms with E-state index in [4.69, 9.17) is 4.74 Å². The Bertz CT molecular complexity index is 787. The topological polar surface area (TPSA) is 73.6 Å². The van der Waals surface area contributed by atoms with Crippen LogP contribution >= 0.6 is 0 Å². The number of hydrogen-bond donors (Lipinski definition) is 1. The van der Waals surface area contributed by atoms with E-state index in [1.54, 1.807) is 6.08 Å². The highest BCUT2D eigenvalue weighted by Gasteiger charge is 2.84. The summed E-state index contributed by atoms with van der Waals surface area (Å²) < 4.78 is 6.29. The second-order valence-electron chi connectivity index (χ2n) is 10.7. The molecular weight excluding hydrogens is 338 g/mol. The summed E-state index contributed by atoms with van der Waals surface area (Å²) in [7, 11) is 0. The van der Waals surface area contributed by atoms with Gasteiger partial charge in [-0.2, -0.15) is 5.26 Å². The van der Waals surface area contributed by atoms with Gasteiger partial charge in [0, 0.05) is 10.8 Å². The zero-order chi connectivity index (χ0) is 19.5. The molecule has 4 heteroatoms. The number of Topliss-reactive ketones (excluding diaryl/α,β-unsaturated/α-hetero) is 1. The van der Waals surface area contributed by atoms with Crippen LogP contribution in [0.3, 0.4) is 0 Å². The Morgan fingerprint density at radius 3 is 2.48 bits per heavy atom. The van der Waals surface area contributed by atoms with Gasteiger partial charge in [-0.05, 0) is 69.6 Å². The molecule has 146 valence electrons. The third-order valence-electron chi connectivity index (χ3n) is 10.2. The van der Waals surface area contributed by atoms with Crippen molar-refractivity contribution in [2.75, 3.05) is 0 Å². The molecule has 5 rings (SSSR count). The van der Waals surface area contributed by atoms with Gasteiger partial charge in [0.2, 0.25) is 0 Å². The summed E-state index contributed by atoms with van der Waals surface area (Å²) in [6, 6.07) is 2.28. The standard InChI is InChI=1S/C23H31NO3/c1-5-22(26)10-8-16-15-6-11-23-20(3,17(15)7-9-19(16,22)2)12-14(13-24)18(25)21(23,4)27-23/h5,14-17,26H,1,6-12H2,2-4H3/t14?,15-,16-,17-,19-,20+,21?,22+,23?/m0/s1. The average Bonchev–Trinajstić information content (AvgIpc) is 3.19. The maximum atomic E-state index is 12.8. The van der Waals surface area contributed by atoms with Crippen LogP contribution in [0.2, 0.25) is 0 Å². The molecule has 1 N–H and O–H groups in total. The molecule has 27 heavy (non-hydrogen) atoms. The number of rotatable bonds is 1. The highest BCUT2D eigenvalue weighted by Crippen LogP contribution is 2.76. The van der Waals surface area contributed by atoms with Crippen molar-refractivity contribution in [3.8, 4) is 6.07 Å². The van der Waals surface area contributed by atoms with Crippen LogP contribution in [0.4, 0.5) is 0 Å². The second-order valence-corrected chi connectivity index (χ2v) is 10.7. The van der Waals surface area contributed by atoms with Gasteiger partial charge >= 0.3 is 0 Å². The summed E-state index contributed by atoms with van der Waals surface area (Å²) in [4.78, 5) is 12.8. The van der Waals surface area contributed by atoms with Crippen molar-refractivity contribution in [1.82, 2.24) is 0 Å². The van der Waals surface area contributed by atoms with E-state index in [0.717, 1.165) is 38.5 Å². The number of ketones is 1.